The SMILES string of the molecule is Cl.O=C(c1cc([N+](=O)[O-])c[nH]1)N1CCNCC1c1cccc(Cl)c1. The van der Waals surface area contributed by atoms with Gasteiger partial charge >= 0.3 is 0 Å². The monoisotopic (exact) mass is 370 g/mol. The molecule has 0 spiro atoms. The van der Waals surface area contributed by atoms with E-state index in [0.29, 0.717) is 24.7 Å². The molecule has 1 saturated heterocycles. The smallest absolute Gasteiger partial charge is 0.287 e. The highest BCUT2D eigenvalue weighted by molar-refractivity contribution is 6.30. The van der Waals surface area contributed by atoms with Crippen molar-refractivity contribution in [3.63, 3.8) is 0 Å². The number of rotatable bonds is 3. The van der Waals surface area contributed by atoms with Gasteiger partial charge in [0.25, 0.3) is 11.6 Å². The summed E-state index contributed by atoms with van der Waals surface area (Å²) in [7, 11) is 0. The van der Waals surface area contributed by atoms with Crippen LogP contribution in [0.2, 0.25) is 5.02 Å². The van der Waals surface area contributed by atoms with Crippen molar-refractivity contribution >= 4 is 35.6 Å². The minimum absolute atomic E-state index is 0. The molecule has 0 saturated carbocycles. The Kier molecular flexibility index (Phi) is 5.82. The Morgan fingerprint density at radius 1 is 1.38 bits per heavy atom. The van der Waals surface area contributed by atoms with E-state index in [1.54, 1.807) is 11.0 Å². The normalized spacial score (nSPS) is 17.2. The van der Waals surface area contributed by atoms with Crippen LogP contribution in [0.4, 0.5) is 5.69 Å². The summed E-state index contributed by atoms with van der Waals surface area (Å²) in [5, 5.41) is 14.6. The van der Waals surface area contributed by atoms with Crippen LogP contribution in [0, 0.1) is 10.1 Å². The minimum Gasteiger partial charge on any atom is -0.351 e. The van der Waals surface area contributed by atoms with Gasteiger partial charge in [0, 0.05) is 30.7 Å². The molecular formula is C15H16Cl2N4O3. The molecule has 0 aliphatic carbocycles. The molecule has 1 fully saturated rings. The second-order valence-electron chi connectivity index (χ2n) is 5.30. The number of hydrogen-bond donors (Lipinski definition) is 2. The molecule has 3 rings (SSSR count). The lowest BCUT2D eigenvalue weighted by atomic mass is 10.0. The second kappa shape index (κ2) is 7.65. The lowest BCUT2D eigenvalue weighted by molar-refractivity contribution is -0.384. The average Bonchev–Trinajstić information content (AvgIpc) is 3.04. The highest BCUT2D eigenvalue weighted by atomic mass is 35.5. The third-order valence-electron chi connectivity index (χ3n) is 3.85. The van der Waals surface area contributed by atoms with E-state index in [-0.39, 0.29) is 35.7 Å². The van der Waals surface area contributed by atoms with Gasteiger partial charge in [-0.15, -0.1) is 12.4 Å². The molecule has 2 aromatic rings. The molecule has 1 aromatic heterocycles. The number of aromatic amines is 1. The summed E-state index contributed by atoms with van der Waals surface area (Å²) in [4.78, 5) is 27.4. The highest BCUT2D eigenvalue weighted by Crippen LogP contribution is 2.26. The van der Waals surface area contributed by atoms with Crippen molar-refractivity contribution in [1.29, 1.82) is 0 Å². The molecule has 1 amide bonds. The van der Waals surface area contributed by atoms with Crippen LogP contribution in [-0.2, 0) is 0 Å². The van der Waals surface area contributed by atoms with Crippen molar-refractivity contribution < 1.29 is 9.72 Å². The molecule has 2 N–H and O–H groups in total. The Morgan fingerprint density at radius 3 is 2.83 bits per heavy atom. The van der Waals surface area contributed by atoms with Gasteiger partial charge in [0.2, 0.25) is 0 Å². The van der Waals surface area contributed by atoms with Crippen molar-refractivity contribution in [3.8, 4) is 0 Å². The second-order valence-corrected chi connectivity index (χ2v) is 5.74. The van der Waals surface area contributed by atoms with E-state index in [9.17, 15) is 14.9 Å². The van der Waals surface area contributed by atoms with Crippen LogP contribution < -0.4 is 5.32 Å². The summed E-state index contributed by atoms with van der Waals surface area (Å²) < 4.78 is 0. The van der Waals surface area contributed by atoms with Crippen molar-refractivity contribution in [2.75, 3.05) is 19.6 Å². The first kappa shape index (κ1) is 18.3. The highest BCUT2D eigenvalue weighted by Gasteiger charge is 2.30. The Labute approximate surface area is 149 Å². The van der Waals surface area contributed by atoms with Crippen LogP contribution in [0.25, 0.3) is 0 Å². The largest absolute Gasteiger partial charge is 0.351 e. The topological polar surface area (TPSA) is 91.3 Å². The zero-order chi connectivity index (χ0) is 16.4. The van der Waals surface area contributed by atoms with E-state index >= 15 is 0 Å². The number of amides is 1. The molecule has 128 valence electrons. The maximum atomic E-state index is 12.7. The van der Waals surface area contributed by atoms with Crippen LogP contribution >= 0.6 is 24.0 Å². The number of carbonyl (C=O) groups excluding carboxylic acids is 1. The van der Waals surface area contributed by atoms with Gasteiger partial charge in [-0.1, -0.05) is 23.7 Å². The first-order chi connectivity index (χ1) is 11.1. The van der Waals surface area contributed by atoms with Crippen molar-refractivity contribution in [2.45, 2.75) is 6.04 Å². The molecule has 9 heteroatoms. The van der Waals surface area contributed by atoms with E-state index in [2.05, 4.69) is 10.3 Å². The Balaban J connectivity index is 0.00000208. The van der Waals surface area contributed by atoms with Crippen LogP contribution in [0.1, 0.15) is 22.1 Å². The fourth-order valence-electron chi connectivity index (χ4n) is 2.73. The molecule has 0 radical (unpaired) electrons. The molecule has 1 aliphatic rings. The predicted molar refractivity (Wildman–Crippen MR) is 92.8 cm³/mol. The van der Waals surface area contributed by atoms with E-state index in [1.165, 1.54) is 12.3 Å². The number of hydrogen-bond acceptors (Lipinski definition) is 4. The standard InChI is InChI=1S/C15H15ClN4O3.ClH/c16-11-3-1-2-10(6-11)14-9-17-4-5-19(14)15(21)13-7-12(8-18-13)20(22)23;/h1-3,6-8,14,17-18H,4-5,9H2;1H. The maximum Gasteiger partial charge on any atom is 0.287 e. The van der Waals surface area contributed by atoms with Crippen molar-refractivity contribution in [1.82, 2.24) is 15.2 Å². The van der Waals surface area contributed by atoms with E-state index in [4.69, 9.17) is 11.6 Å². The molecule has 2 heterocycles. The fraction of sp³-hybridized carbons (Fsp3) is 0.267. The van der Waals surface area contributed by atoms with E-state index in [1.807, 2.05) is 18.2 Å². The number of H-pyrrole nitrogens is 1. The number of carbonyl (C=O) groups is 1. The number of piperazine rings is 1. The van der Waals surface area contributed by atoms with Gasteiger partial charge in [-0.25, -0.2) is 0 Å². The van der Waals surface area contributed by atoms with Crippen molar-refractivity contribution in [2.24, 2.45) is 0 Å². The number of benzene rings is 1. The Morgan fingerprint density at radius 2 is 2.17 bits per heavy atom. The Bertz CT molecular complexity index is 750. The van der Waals surface area contributed by atoms with Gasteiger partial charge < -0.3 is 15.2 Å². The Hall–Kier alpha value is -2.09. The third kappa shape index (κ3) is 3.69. The molecule has 1 atom stereocenters. The van der Waals surface area contributed by atoms with Crippen LogP contribution in [-0.4, -0.2) is 40.3 Å². The molecule has 24 heavy (non-hydrogen) atoms. The molecule has 1 unspecified atom stereocenters. The molecule has 1 aliphatic heterocycles. The van der Waals surface area contributed by atoms with Gasteiger partial charge in [0.05, 0.1) is 17.2 Å². The summed E-state index contributed by atoms with van der Waals surface area (Å²) in [6.07, 6.45) is 1.23. The summed E-state index contributed by atoms with van der Waals surface area (Å²) in [5.74, 6) is -0.260. The van der Waals surface area contributed by atoms with E-state index in [0.717, 1.165) is 5.56 Å². The van der Waals surface area contributed by atoms with Gasteiger partial charge in [-0.05, 0) is 17.7 Å². The molecule has 7 nitrogen and oxygen atoms in total. The zero-order valence-corrected chi connectivity index (χ0v) is 14.1. The van der Waals surface area contributed by atoms with Crippen LogP contribution in [0.5, 0.6) is 0 Å². The molecule has 0 bridgehead atoms. The first-order valence-corrected chi connectivity index (χ1v) is 7.54. The number of nitrogens with one attached hydrogen (secondary N) is 2. The zero-order valence-electron chi connectivity index (χ0n) is 12.6. The number of aromatic nitrogens is 1. The average molecular weight is 371 g/mol. The third-order valence-corrected chi connectivity index (χ3v) is 4.08. The fourth-order valence-corrected chi connectivity index (χ4v) is 2.92. The summed E-state index contributed by atoms with van der Waals surface area (Å²) >= 11 is 6.04. The first-order valence-electron chi connectivity index (χ1n) is 7.16. The predicted octanol–water partition coefficient (Wildman–Crippen LogP) is 2.78. The van der Waals surface area contributed by atoms with Gasteiger partial charge in [0.1, 0.15) is 5.69 Å². The van der Waals surface area contributed by atoms with Crippen LogP contribution in [0.3, 0.4) is 0 Å². The summed E-state index contributed by atoms with van der Waals surface area (Å²) in [6, 6.07) is 8.46. The van der Waals surface area contributed by atoms with Crippen LogP contribution in [0.15, 0.2) is 36.5 Å². The quantitative estimate of drug-likeness (QED) is 0.641. The number of halogens is 2. The number of nitro groups is 1. The maximum absolute atomic E-state index is 12.7. The van der Waals surface area contributed by atoms with Gasteiger partial charge in [-0.3, -0.25) is 14.9 Å². The lowest BCUT2D eigenvalue weighted by Gasteiger charge is -2.36. The summed E-state index contributed by atoms with van der Waals surface area (Å²) in [6.45, 7) is 1.79. The van der Waals surface area contributed by atoms with Gasteiger partial charge in [-0.2, -0.15) is 0 Å². The summed E-state index contributed by atoms with van der Waals surface area (Å²) in [5.41, 5.74) is 1.02. The van der Waals surface area contributed by atoms with Crippen molar-refractivity contribution in [3.05, 3.63) is 62.9 Å². The lowest BCUT2D eigenvalue weighted by Crippen LogP contribution is -2.48. The van der Waals surface area contributed by atoms with E-state index < -0.39 is 4.92 Å². The molecule has 1 aromatic carbocycles. The molecular weight excluding hydrogens is 355 g/mol. The minimum atomic E-state index is -0.528. The number of nitrogens with zero attached hydrogens (tertiary/aromatic N) is 2. The van der Waals surface area contributed by atoms with Gasteiger partial charge in [0.15, 0.2) is 0 Å².